The molecule has 2 nitrogen and oxygen atoms in total. The van der Waals surface area contributed by atoms with Gasteiger partial charge in [-0.05, 0) is 25.2 Å². The third-order valence-corrected chi connectivity index (χ3v) is 6.97. The van der Waals surface area contributed by atoms with Crippen LogP contribution < -0.4 is 0 Å². The number of hydrogen-bond donors (Lipinski definition) is 0. The van der Waals surface area contributed by atoms with Crippen LogP contribution in [-0.2, 0) is 9.53 Å². The average molecular weight is 409 g/mol. The van der Waals surface area contributed by atoms with E-state index >= 15 is 0 Å². The van der Waals surface area contributed by atoms with Crippen LogP contribution in [0.5, 0.6) is 0 Å². The normalized spacial score (nSPS) is 16.1. The highest BCUT2D eigenvalue weighted by Crippen LogP contribution is 2.30. The molecule has 1 fully saturated rings. The molecule has 0 saturated heterocycles. The van der Waals surface area contributed by atoms with Crippen molar-refractivity contribution in [2.45, 2.75) is 149 Å². The Hall–Kier alpha value is -0.530. The van der Waals surface area contributed by atoms with E-state index in [1.807, 2.05) is 0 Å². The van der Waals surface area contributed by atoms with Gasteiger partial charge in [0.15, 0.2) is 0 Å². The summed E-state index contributed by atoms with van der Waals surface area (Å²) in [5, 5.41) is 0. The van der Waals surface area contributed by atoms with Crippen molar-refractivity contribution in [2.24, 2.45) is 11.8 Å². The van der Waals surface area contributed by atoms with E-state index in [1.165, 1.54) is 128 Å². The zero-order chi connectivity index (χ0) is 21.0. The van der Waals surface area contributed by atoms with Gasteiger partial charge >= 0.3 is 5.97 Å². The molecule has 1 atom stereocenters. The maximum Gasteiger partial charge on any atom is 0.308 e. The second-order valence-corrected chi connectivity index (χ2v) is 9.66. The lowest BCUT2D eigenvalue weighted by molar-refractivity contribution is -0.150. The van der Waals surface area contributed by atoms with Gasteiger partial charge in [0, 0.05) is 0 Å². The molecule has 0 spiro atoms. The topological polar surface area (TPSA) is 26.3 Å². The third kappa shape index (κ3) is 15.0. The van der Waals surface area contributed by atoms with Crippen molar-refractivity contribution in [3.05, 3.63) is 0 Å². The van der Waals surface area contributed by atoms with Crippen molar-refractivity contribution >= 4 is 5.97 Å². The average Bonchev–Trinajstić information content (AvgIpc) is 2.75. The molecular formula is C27H52O2. The highest BCUT2D eigenvalue weighted by atomic mass is 16.5. The molecule has 2 heteroatoms. The molecule has 0 amide bonds. The minimum atomic E-state index is 0.0536. The van der Waals surface area contributed by atoms with E-state index in [0.29, 0.717) is 12.5 Å². The minimum Gasteiger partial charge on any atom is -0.465 e. The molecule has 0 aromatic heterocycles. The van der Waals surface area contributed by atoms with E-state index in [1.54, 1.807) is 0 Å². The molecule has 1 saturated carbocycles. The van der Waals surface area contributed by atoms with Crippen LogP contribution in [0.2, 0.25) is 0 Å². The summed E-state index contributed by atoms with van der Waals surface area (Å²) in [6.45, 7) is 5.00. The Balaban J connectivity index is 1.77. The molecule has 0 aliphatic heterocycles. The summed E-state index contributed by atoms with van der Waals surface area (Å²) in [5.41, 5.74) is 0. The van der Waals surface area contributed by atoms with Crippen molar-refractivity contribution in [3.63, 3.8) is 0 Å². The van der Waals surface area contributed by atoms with Crippen molar-refractivity contribution < 1.29 is 9.53 Å². The van der Waals surface area contributed by atoms with Gasteiger partial charge in [0.05, 0.1) is 12.5 Å². The SMILES string of the molecule is CCCCCCCCCCCCCCCCCCOC(=O)C(C)C1CCCCC1. The van der Waals surface area contributed by atoms with Gasteiger partial charge in [0.25, 0.3) is 0 Å². The van der Waals surface area contributed by atoms with Gasteiger partial charge in [0.1, 0.15) is 0 Å². The maximum atomic E-state index is 12.2. The number of carbonyl (C=O) groups is 1. The van der Waals surface area contributed by atoms with Crippen LogP contribution in [0.15, 0.2) is 0 Å². The van der Waals surface area contributed by atoms with Gasteiger partial charge in [-0.2, -0.15) is 0 Å². The number of ether oxygens (including phenoxy) is 1. The predicted octanol–water partition coefficient (Wildman–Crippen LogP) is 9.01. The van der Waals surface area contributed by atoms with Crippen molar-refractivity contribution in [1.82, 2.24) is 0 Å². The molecule has 1 aliphatic rings. The van der Waals surface area contributed by atoms with E-state index < -0.39 is 0 Å². The summed E-state index contributed by atoms with van der Waals surface area (Å²) in [4.78, 5) is 12.2. The van der Waals surface area contributed by atoms with Gasteiger partial charge in [-0.25, -0.2) is 0 Å². The molecular weight excluding hydrogens is 356 g/mol. The van der Waals surface area contributed by atoms with Crippen LogP contribution in [0, 0.1) is 11.8 Å². The molecule has 0 aromatic carbocycles. The number of rotatable bonds is 19. The summed E-state index contributed by atoms with van der Waals surface area (Å²) in [7, 11) is 0. The molecule has 0 N–H and O–H groups in total. The fraction of sp³-hybridized carbons (Fsp3) is 0.963. The monoisotopic (exact) mass is 408 g/mol. The van der Waals surface area contributed by atoms with Gasteiger partial charge in [-0.15, -0.1) is 0 Å². The van der Waals surface area contributed by atoms with Crippen LogP contribution in [0.1, 0.15) is 149 Å². The van der Waals surface area contributed by atoms with E-state index in [2.05, 4.69) is 13.8 Å². The molecule has 0 aromatic rings. The summed E-state index contributed by atoms with van der Waals surface area (Å²) < 4.78 is 5.54. The molecule has 29 heavy (non-hydrogen) atoms. The lowest BCUT2D eigenvalue weighted by atomic mass is 9.81. The van der Waals surface area contributed by atoms with E-state index in [-0.39, 0.29) is 11.9 Å². The lowest BCUT2D eigenvalue weighted by Gasteiger charge is -2.26. The zero-order valence-electron chi connectivity index (χ0n) is 20.0. The number of hydrogen-bond acceptors (Lipinski definition) is 2. The Morgan fingerprint density at radius 2 is 1.10 bits per heavy atom. The predicted molar refractivity (Wildman–Crippen MR) is 126 cm³/mol. The molecule has 172 valence electrons. The minimum absolute atomic E-state index is 0.0536. The fourth-order valence-corrected chi connectivity index (χ4v) is 4.78. The highest BCUT2D eigenvalue weighted by Gasteiger charge is 2.26. The van der Waals surface area contributed by atoms with Crippen LogP contribution in [0.25, 0.3) is 0 Å². The first kappa shape index (κ1) is 26.5. The molecule has 1 aliphatic carbocycles. The second kappa shape index (κ2) is 19.4. The third-order valence-electron chi connectivity index (χ3n) is 6.97. The second-order valence-electron chi connectivity index (χ2n) is 9.66. The number of unbranched alkanes of at least 4 members (excludes halogenated alkanes) is 15. The molecule has 1 unspecified atom stereocenters. The number of esters is 1. The van der Waals surface area contributed by atoms with Crippen molar-refractivity contribution in [1.29, 1.82) is 0 Å². The quantitative estimate of drug-likeness (QED) is 0.157. The Bertz CT molecular complexity index is 360. The first-order valence-corrected chi connectivity index (χ1v) is 13.4. The van der Waals surface area contributed by atoms with E-state index in [9.17, 15) is 4.79 Å². The summed E-state index contributed by atoms with van der Waals surface area (Å²) in [6.07, 6.45) is 28.4. The van der Waals surface area contributed by atoms with E-state index in [0.717, 1.165) is 6.42 Å². The summed E-state index contributed by atoms with van der Waals surface area (Å²) in [6, 6.07) is 0. The Morgan fingerprint density at radius 1 is 0.690 bits per heavy atom. The number of carbonyl (C=O) groups excluding carboxylic acids is 1. The van der Waals surface area contributed by atoms with Gasteiger partial charge in [0.2, 0.25) is 0 Å². The summed E-state index contributed by atoms with van der Waals surface area (Å²) in [5.74, 6) is 0.733. The lowest BCUT2D eigenvalue weighted by Crippen LogP contribution is -2.25. The fourth-order valence-electron chi connectivity index (χ4n) is 4.78. The Labute approximate surface area is 182 Å². The largest absolute Gasteiger partial charge is 0.465 e. The van der Waals surface area contributed by atoms with Crippen LogP contribution in [0.3, 0.4) is 0 Å². The standard InChI is InChI=1S/C27H52O2/c1-3-4-5-6-7-8-9-10-11-12-13-14-15-16-17-21-24-29-27(28)25(2)26-22-19-18-20-23-26/h25-26H,3-24H2,1-2H3. The Morgan fingerprint density at radius 3 is 1.55 bits per heavy atom. The van der Waals surface area contributed by atoms with Gasteiger partial charge in [-0.3, -0.25) is 4.79 Å². The maximum absolute atomic E-state index is 12.2. The zero-order valence-corrected chi connectivity index (χ0v) is 20.0. The van der Waals surface area contributed by atoms with Gasteiger partial charge in [-0.1, -0.05) is 129 Å². The van der Waals surface area contributed by atoms with Crippen LogP contribution >= 0.6 is 0 Å². The van der Waals surface area contributed by atoms with Crippen LogP contribution in [0.4, 0.5) is 0 Å². The molecule has 0 heterocycles. The van der Waals surface area contributed by atoms with Crippen molar-refractivity contribution in [3.8, 4) is 0 Å². The van der Waals surface area contributed by atoms with Gasteiger partial charge < -0.3 is 4.74 Å². The highest BCUT2D eigenvalue weighted by molar-refractivity contribution is 5.72. The smallest absolute Gasteiger partial charge is 0.308 e. The molecule has 0 radical (unpaired) electrons. The van der Waals surface area contributed by atoms with Crippen molar-refractivity contribution in [2.75, 3.05) is 6.61 Å². The first-order valence-electron chi connectivity index (χ1n) is 13.4. The van der Waals surface area contributed by atoms with Crippen LogP contribution in [-0.4, -0.2) is 12.6 Å². The molecule has 1 rings (SSSR count). The first-order chi connectivity index (χ1) is 14.3. The van der Waals surface area contributed by atoms with E-state index in [4.69, 9.17) is 4.74 Å². The Kier molecular flexibility index (Phi) is 17.8. The molecule has 0 bridgehead atoms. The summed E-state index contributed by atoms with van der Waals surface area (Å²) >= 11 is 0.